The van der Waals surface area contributed by atoms with Gasteiger partial charge in [0.15, 0.2) is 17.6 Å². The molecule has 0 aliphatic carbocycles. The molecule has 1 aliphatic rings. The number of hydrogen-bond acceptors (Lipinski definition) is 8. The maximum Gasteiger partial charge on any atom is 0.334 e. The third-order valence-corrected chi connectivity index (χ3v) is 3.88. The molecule has 1 atom stereocenters. The molecule has 1 saturated heterocycles. The van der Waals surface area contributed by atoms with Crippen LogP contribution in [0.1, 0.15) is 10.4 Å². The van der Waals surface area contributed by atoms with Gasteiger partial charge in [-0.1, -0.05) is 0 Å². The lowest BCUT2D eigenvalue weighted by Gasteiger charge is -2.30. The standard InChI is InChI=1S/C16H20N2O9/c1-24-5-6-27-13-8-11(18(22)23)10(7-12(13)25-2)15(19)17-3-4-26-14(9-17)16(20)21/h7-8,14H,3-6,9H2,1-2H3,(H,20,21). The fourth-order valence-electron chi connectivity index (χ4n) is 2.53. The highest BCUT2D eigenvalue weighted by atomic mass is 16.6. The number of carbonyl (C=O) groups is 2. The second-order valence-corrected chi connectivity index (χ2v) is 5.57. The van der Waals surface area contributed by atoms with E-state index in [1.165, 1.54) is 25.2 Å². The Morgan fingerprint density at radius 2 is 2.07 bits per heavy atom. The number of nitro benzene ring substituents is 1. The summed E-state index contributed by atoms with van der Waals surface area (Å²) in [6.07, 6.45) is -1.18. The minimum absolute atomic E-state index is 0.0197. The molecule has 1 fully saturated rings. The molecule has 11 nitrogen and oxygen atoms in total. The van der Waals surface area contributed by atoms with Gasteiger partial charge in [-0.2, -0.15) is 0 Å². The maximum atomic E-state index is 12.8. The minimum Gasteiger partial charge on any atom is -0.493 e. The first kappa shape index (κ1) is 20.4. The number of carboxylic acid groups (broad SMARTS) is 1. The van der Waals surface area contributed by atoms with Crippen molar-refractivity contribution in [3.8, 4) is 11.5 Å². The Kier molecular flexibility index (Phi) is 6.91. The fourth-order valence-corrected chi connectivity index (χ4v) is 2.53. The molecule has 148 valence electrons. The van der Waals surface area contributed by atoms with Crippen LogP contribution < -0.4 is 9.47 Å². The summed E-state index contributed by atoms with van der Waals surface area (Å²) in [5.41, 5.74) is -0.687. The van der Waals surface area contributed by atoms with Gasteiger partial charge in [-0.15, -0.1) is 0 Å². The SMILES string of the molecule is COCCOc1cc([N+](=O)[O-])c(C(=O)N2CCOC(C(=O)O)C2)cc1OC. The molecule has 27 heavy (non-hydrogen) atoms. The van der Waals surface area contributed by atoms with Crippen molar-refractivity contribution in [3.63, 3.8) is 0 Å². The average Bonchev–Trinajstić information content (AvgIpc) is 2.67. The number of rotatable bonds is 8. The van der Waals surface area contributed by atoms with Crippen molar-refractivity contribution in [1.82, 2.24) is 4.90 Å². The zero-order valence-corrected chi connectivity index (χ0v) is 14.9. The summed E-state index contributed by atoms with van der Waals surface area (Å²) >= 11 is 0. The molecular weight excluding hydrogens is 364 g/mol. The van der Waals surface area contributed by atoms with E-state index in [0.29, 0.717) is 0 Å². The molecule has 2 rings (SSSR count). The Bertz CT molecular complexity index is 722. The first-order chi connectivity index (χ1) is 12.9. The van der Waals surface area contributed by atoms with Crippen LogP contribution in [0, 0.1) is 10.1 Å². The molecule has 1 heterocycles. The smallest absolute Gasteiger partial charge is 0.334 e. The van der Waals surface area contributed by atoms with Crippen LogP contribution in [0.15, 0.2) is 12.1 Å². The number of ether oxygens (including phenoxy) is 4. The van der Waals surface area contributed by atoms with E-state index in [9.17, 15) is 19.7 Å². The van der Waals surface area contributed by atoms with Crippen LogP contribution in [0.2, 0.25) is 0 Å². The molecule has 1 N–H and O–H groups in total. The summed E-state index contributed by atoms with van der Waals surface area (Å²) < 4.78 is 20.5. The van der Waals surface area contributed by atoms with Gasteiger partial charge >= 0.3 is 5.97 Å². The summed E-state index contributed by atoms with van der Waals surface area (Å²) in [4.78, 5) is 35.8. The molecule has 1 aromatic carbocycles. The normalized spacial score (nSPS) is 16.7. The van der Waals surface area contributed by atoms with Gasteiger partial charge < -0.3 is 29.0 Å². The van der Waals surface area contributed by atoms with Gasteiger partial charge in [-0.25, -0.2) is 4.79 Å². The van der Waals surface area contributed by atoms with E-state index in [0.717, 1.165) is 6.07 Å². The highest BCUT2D eigenvalue weighted by molar-refractivity contribution is 5.99. The first-order valence-corrected chi connectivity index (χ1v) is 8.00. The minimum atomic E-state index is -1.21. The lowest BCUT2D eigenvalue weighted by molar-refractivity contribution is -0.385. The summed E-state index contributed by atoms with van der Waals surface area (Å²) in [6, 6.07) is 2.32. The summed E-state index contributed by atoms with van der Waals surface area (Å²) in [7, 11) is 2.82. The van der Waals surface area contributed by atoms with E-state index < -0.39 is 28.6 Å². The quantitative estimate of drug-likeness (QED) is 0.387. The molecule has 1 aliphatic heterocycles. The second-order valence-electron chi connectivity index (χ2n) is 5.57. The Morgan fingerprint density at radius 3 is 2.67 bits per heavy atom. The predicted octanol–water partition coefficient (Wildman–Crippen LogP) is 0.554. The third kappa shape index (κ3) is 4.83. The second kappa shape index (κ2) is 9.14. The van der Waals surface area contributed by atoms with Gasteiger partial charge in [0.1, 0.15) is 12.2 Å². The van der Waals surface area contributed by atoms with Crippen molar-refractivity contribution >= 4 is 17.6 Å². The Balaban J connectivity index is 2.35. The van der Waals surface area contributed by atoms with Crippen molar-refractivity contribution in [1.29, 1.82) is 0 Å². The summed E-state index contributed by atoms with van der Waals surface area (Å²) in [5.74, 6) is -1.65. The van der Waals surface area contributed by atoms with Gasteiger partial charge in [0.2, 0.25) is 0 Å². The van der Waals surface area contributed by atoms with Crippen LogP contribution in [-0.2, 0) is 14.3 Å². The van der Waals surface area contributed by atoms with E-state index in [1.807, 2.05) is 0 Å². The number of morpholine rings is 1. The third-order valence-electron chi connectivity index (χ3n) is 3.88. The van der Waals surface area contributed by atoms with E-state index >= 15 is 0 Å². The number of nitro groups is 1. The zero-order valence-electron chi connectivity index (χ0n) is 14.9. The largest absolute Gasteiger partial charge is 0.493 e. The number of hydrogen-bond donors (Lipinski definition) is 1. The molecule has 0 spiro atoms. The van der Waals surface area contributed by atoms with Crippen LogP contribution in [-0.4, -0.2) is 80.0 Å². The number of carbonyl (C=O) groups excluding carboxylic acids is 1. The van der Waals surface area contributed by atoms with Crippen LogP contribution in [0.25, 0.3) is 0 Å². The predicted molar refractivity (Wildman–Crippen MR) is 90.3 cm³/mol. The van der Waals surface area contributed by atoms with Gasteiger partial charge in [0.25, 0.3) is 11.6 Å². The lowest BCUT2D eigenvalue weighted by Crippen LogP contribution is -2.48. The number of aliphatic carboxylic acids is 1. The number of nitrogens with zero attached hydrogens (tertiary/aromatic N) is 2. The van der Waals surface area contributed by atoms with Crippen molar-refractivity contribution in [2.75, 3.05) is 47.1 Å². The van der Waals surface area contributed by atoms with Gasteiger partial charge in [0, 0.05) is 19.7 Å². The topological polar surface area (TPSA) is 138 Å². The molecule has 0 bridgehead atoms. The average molecular weight is 384 g/mol. The van der Waals surface area contributed by atoms with Crippen LogP contribution in [0.5, 0.6) is 11.5 Å². The highest BCUT2D eigenvalue weighted by Crippen LogP contribution is 2.35. The number of methoxy groups -OCH3 is 2. The summed E-state index contributed by atoms with van der Waals surface area (Å²) in [5, 5.41) is 20.5. The molecule has 1 aromatic rings. The Hall–Kier alpha value is -2.92. The van der Waals surface area contributed by atoms with Crippen molar-refractivity contribution in [2.24, 2.45) is 0 Å². The number of benzene rings is 1. The van der Waals surface area contributed by atoms with Crippen molar-refractivity contribution < 1.29 is 38.6 Å². The van der Waals surface area contributed by atoms with E-state index in [-0.39, 0.29) is 50.0 Å². The molecule has 0 aromatic heterocycles. The number of amides is 1. The van der Waals surface area contributed by atoms with Crippen LogP contribution in [0.4, 0.5) is 5.69 Å². The van der Waals surface area contributed by atoms with E-state index in [2.05, 4.69) is 0 Å². The van der Waals surface area contributed by atoms with Crippen molar-refractivity contribution in [2.45, 2.75) is 6.10 Å². The molecular formula is C16H20N2O9. The fraction of sp³-hybridized carbons (Fsp3) is 0.500. The maximum absolute atomic E-state index is 12.8. The van der Waals surface area contributed by atoms with Crippen LogP contribution >= 0.6 is 0 Å². The molecule has 0 radical (unpaired) electrons. The van der Waals surface area contributed by atoms with Crippen molar-refractivity contribution in [3.05, 3.63) is 27.8 Å². The molecule has 0 saturated carbocycles. The molecule has 11 heteroatoms. The Morgan fingerprint density at radius 1 is 1.33 bits per heavy atom. The van der Waals surface area contributed by atoms with Gasteiger partial charge in [0.05, 0.1) is 37.9 Å². The first-order valence-electron chi connectivity index (χ1n) is 8.00. The molecule has 1 unspecified atom stereocenters. The molecule has 1 amide bonds. The van der Waals surface area contributed by atoms with Crippen LogP contribution in [0.3, 0.4) is 0 Å². The zero-order chi connectivity index (χ0) is 20.0. The van der Waals surface area contributed by atoms with Gasteiger partial charge in [-0.05, 0) is 0 Å². The monoisotopic (exact) mass is 384 g/mol. The lowest BCUT2D eigenvalue weighted by atomic mass is 10.1. The van der Waals surface area contributed by atoms with E-state index in [4.69, 9.17) is 24.1 Å². The number of carboxylic acids is 1. The van der Waals surface area contributed by atoms with Gasteiger partial charge in [-0.3, -0.25) is 14.9 Å². The van der Waals surface area contributed by atoms with E-state index in [1.54, 1.807) is 0 Å². The Labute approximate surface area is 154 Å². The highest BCUT2D eigenvalue weighted by Gasteiger charge is 2.33. The summed E-state index contributed by atoms with van der Waals surface area (Å²) in [6.45, 7) is 0.336.